The standard InChI is InChI=1S/C13H23N3O5/c14-10(13(20)21)2-1-3-11(17)15-9-4-6-16(7-5-9)8-12(18)19/h9-10H,1-8,14H2,(H,15,17)(H,18,19)(H,20,21). The van der Waals surface area contributed by atoms with E-state index in [4.69, 9.17) is 15.9 Å². The van der Waals surface area contributed by atoms with E-state index in [-0.39, 0.29) is 31.3 Å². The third kappa shape index (κ3) is 7.05. The Morgan fingerprint density at radius 2 is 1.86 bits per heavy atom. The minimum absolute atomic E-state index is 0.0355. The summed E-state index contributed by atoms with van der Waals surface area (Å²) in [7, 11) is 0. The first-order chi connectivity index (χ1) is 9.88. The molecule has 1 atom stereocenters. The van der Waals surface area contributed by atoms with Crippen LogP contribution in [-0.4, -0.2) is 64.7 Å². The molecule has 1 amide bonds. The Morgan fingerprint density at radius 1 is 1.24 bits per heavy atom. The first-order valence-corrected chi connectivity index (χ1v) is 7.10. The lowest BCUT2D eigenvalue weighted by Crippen LogP contribution is -2.45. The maximum Gasteiger partial charge on any atom is 0.320 e. The van der Waals surface area contributed by atoms with Gasteiger partial charge in [-0.15, -0.1) is 0 Å². The molecule has 0 aliphatic carbocycles. The van der Waals surface area contributed by atoms with E-state index in [2.05, 4.69) is 5.32 Å². The Hall–Kier alpha value is -1.67. The summed E-state index contributed by atoms with van der Waals surface area (Å²) in [5.74, 6) is -2.00. The van der Waals surface area contributed by atoms with Crippen molar-refractivity contribution in [3.8, 4) is 0 Å². The number of hydrogen-bond donors (Lipinski definition) is 4. The maximum absolute atomic E-state index is 11.7. The van der Waals surface area contributed by atoms with E-state index in [9.17, 15) is 14.4 Å². The number of hydrogen-bond acceptors (Lipinski definition) is 5. The van der Waals surface area contributed by atoms with Gasteiger partial charge in [-0.3, -0.25) is 19.3 Å². The number of nitrogens with zero attached hydrogens (tertiary/aromatic N) is 1. The van der Waals surface area contributed by atoms with Crippen molar-refractivity contribution in [1.82, 2.24) is 10.2 Å². The summed E-state index contributed by atoms with van der Waals surface area (Å²) in [4.78, 5) is 34.7. The monoisotopic (exact) mass is 301 g/mol. The summed E-state index contributed by atoms with van der Waals surface area (Å²) in [6.07, 6.45) is 2.44. The molecule has 0 saturated carbocycles. The van der Waals surface area contributed by atoms with E-state index in [1.54, 1.807) is 0 Å². The van der Waals surface area contributed by atoms with Crippen LogP contribution in [0.2, 0.25) is 0 Å². The van der Waals surface area contributed by atoms with Gasteiger partial charge < -0.3 is 21.3 Å². The highest BCUT2D eigenvalue weighted by atomic mass is 16.4. The predicted octanol–water partition coefficient (Wildman–Crippen LogP) is -0.766. The van der Waals surface area contributed by atoms with E-state index >= 15 is 0 Å². The Bertz CT molecular complexity index is 380. The lowest BCUT2D eigenvalue weighted by atomic mass is 10.0. The van der Waals surface area contributed by atoms with Crippen molar-refractivity contribution in [2.75, 3.05) is 19.6 Å². The maximum atomic E-state index is 11.7. The molecule has 1 aliphatic heterocycles. The highest BCUT2D eigenvalue weighted by Gasteiger charge is 2.21. The van der Waals surface area contributed by atoms with Gasteiger partial charge in [0, 0.05) is 25.6 Å². The molecule has 8 nitrogen and oxygen atoms in total. The van der Waals surface area contributed by atoms with Crippen LogP contribution < -0.4 is 11.1 Å². The molecular formula is C13H23N3O5. The van der Waals surface area contributed by atoms with Crippen molar-refractivity contribution in [3.63, 3.8) is 0 Å². The number of carboxylic acids is 2. The SMILES string of the molecule is NC(CCCC(=O)NC1CCN(CC(=O)O)CC1)C(=O)O. The van der Waals surface area contributed by atoms with Crippen LogP contribution in [0.25, 0.3) is 0 Å². The zero-order valence-electron chi connectivity index (χ0n) is 12.0. The number of carbonyl (C=O) groups is 3. The van der Waals surface area contributed by atoms with Gasteiger partial charge in [0.25, 0.3) is 0 Å². The van der Waals surface area contributed by atoms with Crippen LogP contribution >= 0.6 is 0 Å². The van der Waals surface area contributed by atoms with Crippen molar-refractivity contribution >= 4 is 17.8 Å². The number of carboxylic acid groups (broad SMARTS) is 2. The topological polar surface area (TPSA) is 133 Å². The number of amides is 1. The van der Waals surface area contributed by atoms with Crippen LogP contribution in [0.5, 0.6) is 0 Å². The van der Waals surface area contributed by atoms with Gasteiger partial charge >= 0.3 is 11.9 Å². The molecule has 8 heteroatoms. The van der Waals surface area contributed by atoms with Crippen molar-refractivity contribution in [3.05, 3.63) is 0 Å². The van der Waals surface area contributed by atoms with Gasteiger partial charge in [0.05, 0.1) is 6.54 Å². The van der Waals surface area contributed by atoms with Crippen LogP contribution in [0.4, 0.5) is 0 Å². The van der Waals surface area contributed by atoms with E-state index < -0.39 is 18.0 Å². The second kappa shape index (κ2) is 8.58. The second-order valence-electron chi connectivity index (χ2n) is 5.35. The Labute approximate surface area is 123 Å². The fraction of sp³-hybridized carbons (Fsp3) is 0.769. The first kappa shape index (κ1) is 17.4. The van der Waals surface area contributed by atoms with Crippen LogP contribution in [0.3, 0.4) is 0 Å². The van der Waals surface area contributed by atoms with E-state index in [1.807, 2.05) is 4.90 Å². The molecule has 1 aliphatic rings. The van der Waals surface area contributed by atoms with Crippen molar-refractivity contribution in [2.45, 2.75) is 44.2 Å². The molecule has 0 bridgehead atoms. The average Bonchev–Trinajstić information content (AvgIpc) is 2.40. The largest absolute Gasteiger partial charge is 0.480 e. The number of likely N-dealkylation sites (tertiary alicyclic amines) is 1. The fourth-order valence-electron chi connectivity index (χ4n) is 2.33. The third-order valence-electron chi connectivity index (χ3n) is 3.55. The first-order valence-electron chi connectivity index (χ1n) is 7.10. The van der Waals surface area contributed by atoms with Gasteiger partial charge in [0.15, 0.2) is 0 Å². The number of rotatable bonds is 8. The van der Waals surface area contributed by atoms with Crippen molar-refractivity contribution in [1.29, 1.82) is 0 Å². The summed E-state index contributed by atoms with van der Waals surface area (Å²) in [5, 5.41) is 20.2. The number of piperidine rings is 1. The molecule has 1 rings (SSSR count). The Morgan fingerprint density at radius 3 is 2.38 bits per heavy atom. The average molecular weight is 301 g/mol. The van der Waals surface area contributed by atoms with Gasteiger partial charge in [-0.25, -0.2) is 0 Å². The number of carbonyl (C=O) groups excluding carboxylic acids is 1. The minimum Gasteiger partial charge on any atom is -0.480 e. The predicted molar refractivity (Wildman–Crippen MR) is 74.7 cm³/mol. The van der Waals surface area contributed by atoms with Gasteiger partial charge in [-0.05, 0) is 25.7 Å². The van der Waals surface area contributed by atoms with Crippen LogP contribution in [-0.2, 0) is 14.4 Å². The molecule has 0 radical (unpaired) electrons. The minimum atomic E-state index is -1.05. The van der Waals surface area contributed by atoms with Crippen LogP contribution in [0.15, 0.2) is 0 Å². The summed E-state index contributed by atoms with van der Waals surface area (Å²) in [6, 6.07) is -0.854. The zero-order valence-corrected chi connectivity index (χ0v) is 12.0. The summed E-state index contributed by atoms with van der Waals surface area (Å²) >= 11 is 0. The van der Waals surface area contributed by atoms with Gasteiger partial charge in [0.1, 0.15) is 6.04 Å². The highest BCUT2D eigenvalue weighted by Crippen LogP contribution is 2.10. The molecule has 1 saturated heterocycles. The summed E-state index contributed by atoms with van der Waals surface area (Å²) in [6.45, 7) is 1.34. The van der Waals surface area contributed by atoms with E-state index in [0.29, 0.717) is 19.5 Å². The van der Waals surface area contributed by atoms with Crippen molar-refractivity contribution < 1.29 is 24.6 Å². The number of aliphatic carboxylic acids is 2. The molecule has 0 aromatic carbocycles. The Balaban J connectivity index is 2.16. The second-order valence-corrected chi connectivity index (χ2v) is 5.35. The summed E-state index contributed by atoms with van der Waals surface area (Å²) in [5.41, 5.74) is 5.36. The molecule has 0 aromatic heterocycles. The molecule has 120 valence electrons. The smallest absolute Gasteiger partial charge is 0.320 e. The van der Waals surface area contributed by atoms with E-state index in [1.165, 1.54) is 0 Å². The summed E-state index contributed by atoms with van der Waals surface area (Å²) < 4.78 is 0. The lowest BCUT2D eigenvalue weighted by molar-refractivity contribution is -0.139. The number of nitrogens with one attached hydrogen (secondary N) is 1. The fourth-order valence-corrected chi connectivity index (χ4v) is 2.33. The third-order valence-corrected chi connectivity index (χ3v) is 3.55. The van der Waals surface area contributed by atoms with Gasteiger partial charge in [0.2, 0.25) is 5.91 Å². The molecule has 1 unspecified atom stereocenters. The molecule has 1 fully saturated rings. The normalized spacial score (nSPS) is 18.1. The molecular weight excluding hydrogens is 278 g/mol. The zero-order chi connectivity index (χ0) is 15.8. The Kier molecular flexibility index (Phi) is 7.10. The van der Waals surface area contributed by atoms with Crippen molar-refractivity contribution in [2.24, 2.45) is 5.73 Å². The lowest BCUT2D eigenvalue weighted by Gasteiger charge is -2.31. The quantitative estimate of drug-likeness (QED) is 0.463. The van der Waals surface area contributed by atoms with E-state index in [0.717, 1.165) is 12.8 Å². The van der Waals surface area contributed by atoms with Gasteiger partial charge in [-0.2, -0.15) is 0 Å². The molecule has 5 N–H and O–H groups in total. The molecule has 1 heterocycles. The van der Waals surface area contributed by atoms with Crippen LogP contribution in [0, 0.1) is 0 Å². The van der Waals surface area contributed by atoms with Crippen LogP contribution in [0.1, 0.15) is 32.1 Å². The molecule has 0 aromatic rings. The highest BCUT2D eigenvalue weighted by molar-refractivity contribution is 5.76. The van der Waals surface area contributed by atoms with Gasteiger partial charge in [-0.1, -0.05) is 0 Å². The molecule has 0 spiro atoms. The number of nitrogens with two attached hydrogens (primary N) is 1. The molecule has 21 heavy (non-hydrogen) atoms.